The van der Waals surface area contributed by atoms with E-state index in [0.717, 1.165) is 36.0 Å². The average molecular weight is 290 g/mol. The van der Waals surface area contributed by atoms with Crippen molar-refractivity contribution < 1.29 is 4.74 Å². The second kappa shape index (κ2) is 7.41. The molecule has 0 saturated carbocycles. The third kappa shape index (κ3) is 4.32. The van der Waals surface area contributed by atoms with E-state index in [4.69, 9.17) is 4.74 Å². The number of nitrogens with zero attached hydrogens (tertiary/aromatic N) is 1. The second-order valence-electron chi connectivity index (χ2n) is 4.94. The molecule has 0 radical (unpaired) electrons. The van der Waals surface area contributed by atoms with E-state index in [1.807, 2.05) is 6.07 Å². The molecule has 20 heavy (non-hydrogen) atoms. The molecule has 0 aliphatic heterocycles. The van der Waals surface area contributed by atoms with Crippen molar-refractivity contribution in [2.24, 2.45) is 0 Å². The van der Waals surface area contributed by atoms with Gasteiger partial charge in [0.1, 0.15) is 17.4 Å². The standard InChI is InChI=1S/C16H22N2OS/c1-4-7-17-9-16-18-14(11-20-16)10-19-15-6-5-12(2)13(3)8-15/h5-6,8,11,17H,4,7,9-10H2,1-3H3. The smallest absolute Gasteiger partial charge is 0.131 e. The van der Waals surface area contributed by atoms with Crippen molar-refractivity contribution >= 4 is 11.3 Å². The van der Waals surface area contributed by atoms with E-state index in [1.165, 1.54) is 11.1 Å². The van der Waals surface area contributed by atoms with E-state index in [9.17, 15) is 0 Å². The number of aryl methyl sites for hydroxylation is 2. The summed E-state index contributed by atoms with van der Waals surface area (Å²) in [6, 6.07) is 6.18. The van der Waals surface area contributed by atoms with Crippen LogP contribution in [0.25, 0.3) is 0 Å². The molecular formula is C16H22N2OS. The first-order chi connectivity index (χ1) is 9.69. The first-order valence-electron chi connectivity index (χ1n) is 7.03. The van der Waals surface area contributed by atoms with Gasteiger partial charge in [-0.15, -0.1) is 11.3 Å². The molecule has 3 nitrogen and oxygen atoms in total. The molecule has 0 unspecified atom stereocenters. The number of hydrogen-bond acceptors (Lipinski definition) is 4. The fraction of sp³-hybridized carbons (Fsp3) is 0.438. The Hall–Kier alpha value is -1.39. The number of benzene rings is 1. The van der Waals surface area contributed by atoms with Gasteiger partial charge < -0.3 is 10.1 Å². The largest absolute Gasteiger partial charge is 0.487 e. The number of nitrogens with one attached hydrogen (secondary N) is 1. The van der Waals surface area contributed by atoms with Crippen LogP contribution in [0.2, 0.25) is 0 Å². The minimum Gasteiger partial charge on any atom is -0.487 e. The first kappa shape index (κ1) is 15.0. The lowest BCUT2D eigenvalue weighted by Gasteiger charge is -2.06. The molecule has 2 rings (SSSR count). The highest BCUT2D eigenvalue weighted by Gasteiger charge is 2.03. The molecule has 2 aromatic rings. The molecule has 0 amide bonds. The van der Waals surface area contributed by atoms with Gasteiger partial charge in [-0.05, 0) is 50.1 Å². The molecule has 1 heterocycles. The van der Waals surface area contributed by atoms with Gasteiger partial charge in [0.2, 0.25) is 0 Å². The molecule has 108 valence electrons. The molecule has 0 saturated heterocycles. The molecule has 0 fully saturated rings. The van der Waals surface area contributed by atoms with Gasteiger partial charge in [0.25, 0.3) is 0 Å². The highest BCUT2D eigenvalue weighted by atomic mass is 32.1. The van der Waals surface area contributed by atoms with Gasteiger partial charge in [0.05, 0.1) is 5.69 Å². The quantitative estimate of drug-likeness (QED) is 0.787. The lowest BCUT2D eigenvalue weighted by atomic mass is 10.1. The fourth-order valence-electron chi connectivity index (χ4n) is 1.83. The predicted molar refractivity (Wildman–Crippen MR) is 84.4 cm³/mol. The summed E-state index contributed by atoms with van der Waals surface area (Å²) in [5.74, 6) is 0.909. The molecule has 1 aromatic carbocycles. The van der Waals surface area contributed by atoms with Gasteiger partial charge in [-0.3, -0.25) is 0 Å². The zero-order valence-corrected chi connectivity index (χ0v) is 13.2. The summed E-state index contributed by atoms with van der Waals surface area (Å²) in [5.41, 5.74) is 3.54. The topological polar surface area (TPSA) is 34.2 Å². The van der Waals surface area contributed by atoms with Crippen molar-refractivity contribution in [3.8, 4) is 5.75 Å². The predicted octanol–water partition coefficient (Wildman–Crippen LogP) is 3.84. The van der Waals surface area contributed by atoms with Crippen LogP contribution in [0.4, 0.5) is 0 Å². The molecule has 0 aliphatic carbocycles. The summed E-state index contributed by atoms with van der Waals surface area (Å²) in [5, 5.41) is 6.56. The van der Waals surface area contributed by atoms with E-state index >= 15 is 0 Å². The molecular weight excluding hydrogens is 268 g/mol. The third-order valence-electron chi connectivity index (χ3n) is 3.17. The van der Waals surface area contributed by atoms with Crippen LogP contribution in [-0.2, 0) is 13.2 Å². The Labute approximate surface area is 125 Å². The summed E-state index contributed by atoms with van der Waals surface area (Å²) >= 11 is 1.69. The van der Waals surface area contributed by atoms with Crippen molar-refractivity contribution in [1.29, 1.82) is 0 Å². The number of rotatable bonds is 7. The van der Waals surface area contributed by atoms with Gasteiger partial charge in [0, 0.05) is 11.9 Å². The van der Waals surface area contributed by atoms with Crippen LogP contribution >= 0.6 is 11.3 Å². The van der Waals surface area contributed by atoms with Crippen LogP contribution in [0.3, 0.4) is 0 Å². The highest BCUT2D eigenvalue weighted by Crippen LogP contribution is 2.18. The first-order valence-corrected chi connectivity index (χ1v) is 7.91. The van der Waals surface area contributed by atoms with E-state index in [1.54, 1.807) is 11.3 Å². The van der Waals surface area contributed by atoms with Crippen molar-refractivity contribution in [3.05, 3.63) is 45.4 Å². The molecule has 1 aromatic heterocycles. The Morgan fingerprint density at radius 3 is 2.85 bits per heavy atom. The monoisotopic (exact) mass is 290 g/mol. The molecule has 0 atom stereocenters. The normalized spacial score (nSPS) is 10.8. The number of ether oxygens (including phenoxy) is 1. The summed E-state index contributed by atoms with van der Waals surface area (Å²) in [4.78, 5) is 4.57. The second-order valence-corrected chi connectivity index (χ2v) is 5.89. The third-order valence-corrected chi connectivity index (χ3v) is 4.07. The number of thiazole rings is 1. The van der Waals surface area contributed by atoms with Gasteiger partial charge in [-0.25, -0.2) is 4.98 Å². The molecule has 4 heteroatoms. The van der Waals surface area contributed by atoms with Crippen LogP contribution < -0.4 is 10.1 Å². The lowest BCUT2D eigenvalue weighted by Crippen LogP contribution is -2.13. The zero-order valence-electron chi connectivity index (χ0n) is 12.4. The van der Waals surface area contributed by atoms with Gasteiger partial charge in [-0.1, -0.05) is 13.0 Å². The average Bonchev–Trinajstić information content (AvgIpc) is 2.88. The minimum atomic E-state index is 0.535. The maximum absolute atomic E-state index is 5.79. The SMILES string of the molecule is CCCNCc1nc(COc2ccc(C)c(C)c2)cs1. The van der Waals surface area contributed by atoms with Crippen LogP contribution in [-0.4, -0.2) is 11.5 Å². The highest BCUT2D eigenvalue weighted by molar-refractivity contribution is 7.09. The van der Waals surface area contributed by atoms with Crippen LogP contribution in [0, 0.1) is 13.8 Å². The van der Waals surface area contributed by atoms with Crippen molar-refractivity contribution in [3.63, 3.8) is 0 Å². The summed E-state index contributed by atoms with van der Waals surface area (Å²) in [7, 11) is 0. The Bertz CT molecular complexity index is 551. The number of hydrogen-bond donors (Lipinski definition) is 1. The minimum absolute atomic E-state index is 0.535. The van der Waals surface area contributed by atoms with Crippen molar-refractivity contribution in [2.45, 2.75) is 40.3 Å². The van der Waals surface area contributed by atoms with E-state index in [0.29, 0.717) is 6.61 Å². The zero-order chi connectivity index (χ0) is 14.4. The maximum atomic E-state index is 5.79. The van der Waals surface area contributed by atoms with E-state index in [2.05, 4.69) is 48.6 Å². The summed E-state index contributed by atoms with van der Waals surface area (Å²) in [6.07, 6.45) is 1.15. The van der Waals surface area contributed by atoms with Crippen molar-refractivity contribution in [1.82, 2.24) is 10.3 Å². The summed E-state index contributed by atoms with van der Waals surface area (Å²) < 4.78 is 5.79. The van der Waals surface area contributed by atoms with E-state index < -0.39 is 0 Å². The Morgan fingerprint density at radius 1 is 1.25 bits per heavy atom. The molecule has 1 N–H and O–H groups in total. The Balaban J connectivity index is 1.85. The molecule has 0 spiro atoms. The lowest BCUT2D eigenvalue weighted by molar-refractivity contribution is 0.301. The van der Waals surface area contributed by atoms with Crippen LogP contribution in [0.5, 0.6) is 5.75 Å². The van der Waals surface area contributed by atoms with Gasteiger partial charge in [-0.2, -0.15) is 0 Å². The van der Waals surface area contributed by atoms with Crippen molar-refractivity contribution in [2.75, 3.05) is 6.54 Å². The van der Waals surface area contributed by atoms with E-state index in [-0.39, 0.29) is 0 Å². The number of aromatic nitrogens is 1. The van der Waals surface area contributed by atoms with Crippen LogP contribution in [0.15, 0.2) is 23.6 Å². The van der Waals surface area contributed by atoms with Gasteiger partial charge >= 0.3 is 0 Å². The Morgan fingerprint density at radius 2 is 2.10 bits per heavy atom. The maximum Gasteiger partial charge on any atom is 0.131 e. The fourth-order valence-corrected chi connectivity index (χ4v) is 2.58. The van der Waals surface area contributed by atoms with Crippen LogP contribution in [0.1, 0.15) is 35.2 Å². The Kier molecular flexibility index (Phi) is 5.56. The summed E-state index contributed by atoms with van der Waals surface area (Å²) in [6.45, 7) is 8.79. The molecule has 0 bridgehead atoms. The molecule has 0 aliphatic rings. The van der Waals surface area contributed by atoms with Gasteiger partial charge in [0.15, 0.2) is 0 Å².